The number of para-hydroxylation sites is 1. The Labute approximate surface area is 157 Å². The van der Waals surface area contributed by atoms with Crippen LogP contribution in [-0.2, 0) is 11.2 Å². The minimum Gasteiger partial charge on any atom is -0.435 e. The summed E-state index contributed by atoms with van der Waals surface area (Å²) in [5.41, 5.74) is 1.88. The van der Waals surface area contributed by atoms with Gasteiger partial charge in [0.2, 0.25) is 5.91 Å². The number of carbonyl (C=O) groups excluding carboxylic acids is 1. The van der Waals surface area contributed by atoms with E-state index in [0.29, 0.717) is 18.7 Å². The molecule has 8 heteroatoms. The number of amides is 1. The van der Waals surface area contributed by atoms with Crippen molar-refractivity contribution in [3.8, 4) is 5.75 Å². The van der Waals surface area contributed by atoms with Gasteiger partial charge in [0.05, 0.1) is 16.0 Å². The lowest BCUT2D eigenvalue weighted by atomic mass is 10.1. The van der Waals surface area contributed by atoms with Gasteiger partial charge in [-0.05, 0) is 36.2 Å². The van der Waals surface area contributed by atoms with Crippen molar-refractivity contribution in [3.63, 3.8) is 0 Å². The molecule has 0 bridgehead atoms. The first-order valence-corrected chi connectivity index (χ1v) is 9.69. The van der Waals surface area contributed by atoms with Gasteiger partial charge < -0.3 is 10.1 Å². The molecule has 0 aliphatic rings. The van der Waals surface area contributed by atoms with E-state index in [0.717, 1.165) is 20.1 Å². The SMILES string of the molecule is O=C(CSc1nc2ccccc2s1)NCCc1ccc(OC(F)F)cc1. The smallest absolute Gasteiger partial charge is 0.387 e. The van der Waals surface area contributed by atoms with Crippen molar-refractivity contribution in [2.24, 2.45) is 0 Å². The second-order valence-electron chi connectivity index (χ2n) is 5.36. The van der Waals surface area contributed by atoms with Gasteiger partial charge in [0, 0.05) is 6.54 Å². The highest BCUT2D eigenvalue weighted by Crippen LogP contribution is 2.29. The molecule has 0 fully saturated rings. The molecule has 1 N–H and O–H groups in total. The fourth-order valence-electron chi connectivity index (χ4n) is 2.27. The number of thiazole rings is 1. The summed E-state index contributed by atoms with van der Waals surface area (Å²) in [6.45, 7) is -2.35. The van der Waals surface area contributed by atoms with Crippen molar-refractivity contribution in [1.82, 2.24) is 10.3 Å². The van der Waals surface area contributed by atoms with Gasteiger partial charge in [-0.3, -0.25) is 4.79 Å². The van der Waals surface area contributed by atoms with Crippen LogP contribution >= 0.6 is 23.1 Å². The number of nitrogens with zero attached hydrogens (tertiary/aromatic N) is 1. The van der Waals surface area contributed by atoms with Gasteiger partial charge in [0.15, 0.2) is 4.34 Å². The zero-order chi connectivity index (χ0) is 18.4. The summed E-state index contributed by atoms with van der Waals surface area (Å²) in [7, 11) is 0. The molecule has 0 aliphatic heterocycles. The summed E-state index contributed by atoms with van der Waals surface area (Å²) >= 11 is 2.99. The molecule has 0 radical (unpaired) electrons. The molecule has 1 amide bonds. The summed E-state index contributed by atoms with van der Waals surface area (Å²) < 4.78 is 30.5. The molecule has 136 valence electrons. The van der Waals surface area contributed by atoms with E-state index < -0.39 is 6.61 Å². The number of rotatable bonds is 8. The van der Waals surface area contributed by atoms with Crippen molar-refractivity contribution >= 4 is 39.2 Å². The Morgan fingerprint density at radius 2 is 1.96 bits per heavy atom. The summed E-state index contributed by atoms with van der Waals surface area (Å²) in [4.78, 5) is 16.4. The quantitative estimate of drug-likeness (QED) is 0.577. The van der Waals surface area contributed by atoms with Crippen LogP contribution in [0.5, 0.6) is 5.75 Å². The fourth-order valence-corrected chi connectivity index (χ4v) is 4.17. The molecule has 1 heterocycles. The van der Waals surface area contributed by atoms with Crippen LogP contribution in [0.1, 0.15) is 5.56 Å². The monoisotopic (exact) mass is 394 g/mol. The molecule has 1 aromatic heterocycles. The van der Waals surface area contributed by atoms with E-state index in [2.05, 4.69) is 15.0 Å². The zero-order valence-electron chi connectivity index (χ0n) is 13.7. The van der Waals surface area contributed by atoms with Crippen molar-refractivity contribution < 1.29 is 18.3 Å². The number of alkyl halides is 2. The predicted octanol–water partition coefficient (Wildman–Crippen LogP) is 4.35. The van der Waals surface area contributed by atoms with Gasteiger partial charge in [-0.25, -0.2) is 4.98 Å². The molecular formula is C18H16F2N2O2S2. The largest absolute Gasteiger partial charge is 0.435 e. The first kappa shape index (κ1) is 18.6. The second-order valence-corrected chi connectivity index (χ2v) is 7.61. The maximum Gasteiger partial charge on any atom is 0.387 e. The average Bonchev–Trinajstić information content (AvgIpc) is 3.04. The molecule has 0 saturated carbocycles. The van der Waals surface area contributed by atoms with Crippen molar-refractivity contribution in [2.75, 3.05) is 12.3 Å². The lowest BCUT2D eigenvalue weighted by Crippen LogP contribution is -2.27. The van der Waals surface area contributed by atoms with Gasteiger partial charge in [0.1, 0.15) is 5.75 Å². The van der Waals surface area contributed by atoms with E-state index >= 15 is 0 Å². The van der Waals surface area contributed by atoms with Crippen LogP contribution in [0, 0.1) is 0 Å². The summed E-state index contributed by atoms with van der Waals surface area (Å²) in [6.07, 6.45) is 0.618. The number of ether oxygens (including phenoxy) is 1. The fraction of sp³-hybridized carbons (Fsp3) is 0.222. The predicted molar refractivity (Wildman–Crippen MR) is 100 cm³/mol. The lowest BCUT2D eigenvalue weighted by molar-refractivity contribution is -0.118. The van der Waals surface area contributed by atoms with Gasteiger partial charge >= 0.3 is 6.61 Å². The summed E-state index contributed by atoms with van der Waals surface area (Å²) in [6, 6.07) is 14.3. The second kappa shape index (κ2) is 8.95. The highest BCUT2D eigenvalue weighted by molar-refractivity contribution is 8.01. The van der Waals surface area contributed by atoms with Gasteiger partial charge in [0.25, 0.3) is 0 Å². The van der Waals surface area contributed by atoms with E-state index in [9.17, 15) is 13.6 Å². The lowest BCUT2D eigenvalue weighted by Gasteiger charge is -2.07. The normalized spacial score (nSPS) is 11.0. The third kappa shape index (κ3) is 5.40. The Balaban J connectivity index is 1.40. The maximum atomic E-state index is 12.1. The van der Waals surface area contributed by atoms with Crippen LogP contribution in [0.2, 0.25) is 0 Å². The highest BCUT2D eigenvalue weighted by Gasteiger charge is 2.08. The van der Waals surface area contributed by atoms with E-state index in [4.69, 9.17) is 0 Å². The van der Waals surface area contributed by atoms with Crippen molar-refractivity contribution in [3.05, 3.63) is 54.1 Å². The molecule has 26 heavy (non-hydrogen) atoms. The van der Waals surface area contributed by atoms with Crippen LogP contribution in [0.4, 0.5) is 8.78 Å². The Morgan fingerprint density at radius 1 is 1.19 bits per heavy atom. The molecule has 0 spiro atoms. The molecule has 0 aliphatic carbocycles. The van der Waals surface area contributed by atoms with E-state index in [1.165, 1.54) is 23.9 Å². The molecule has 3 aromatic rings. The third-order valence-corrected chi connectivity index (χ3v) is 5.66. The number of thioether (sulfide) groups is 1. The van der Waals surface area contributed by atoms with E-state index in [1.54, 1.807) is 23.5 Å². The summed E-state index contributed by atoms with van der Waals surface area (Å²) in [5.74, 6) is 0.369. The molecule has 0 unspecified atom stereocenters. The average molecular weight is 394 g/mol. The zero-order valence-corrected chi connectivity index (χ0v) is 15.3. The molecule has 0 atom stereocenters. The van der Waals surface area contributed by atoms with Crippen LogP contribution in [0.25, 0.3) is 10.2 Å². The van der Waals surface area contributed by atoms with E-state index in [-0.39, 0.29) is 11.7 Å². The van der Waals surface area contributed by atoms with E-state index in [1.807, 2.05) is 24.3 Å². The molecular weight excluding hydrogens is 378 g/mol. The van der Waals surface area contributed by atoms with Crippen molar-refractivity contribution in [1.29, 1.82) is 0 Å². The third-order valence-electron chi connectivity index (χ3n) is 3.49. The Bertz CT molecular complexity index is 836. The Morgan fingerprint density at radius 3 is 2.69 bits per heavy atom. The maximum absolute atomic E-state index is 12.1. The molecule has 3 rings (SSSR count). The Hall–Kier alpha value is -2.19. The van der Waals surface area contributed by atoms with Crippen LogP contribution in [0.15, 0.2) is 52.9 Å². The van der Waals surface area contributed by atoms with Crippen LogP contribution in [0.3, 0.4) is 0 Å². The minimum atomic E-state index is -2.83. The highest BCUT2D eigenvalue weighted by atomic mass is 32.2. The van der Waals surface area contributed by atoms with Gasteiger partial charge in [-0.15, -0.1) is 11.3 Å². The number of nitrogens with one attached hydrogen (secondary N) is 1. The first-order chi connectivity index (χ1) is 12.6. The van der Waals surface area contributed by atoms with Crippen molar-refractivity contribution in [2.45, 2.75) is 17.4 Å². The first-order valence-electron chi connectivity index (χ1n) is 7.89. The number of halogens is 2. The molecule has 4 nitrogen and oxygen atoms in total. The number of hydrogen-bond donors (Lipinski definition) is 1. The number of aromatic nitrogens is 1. The molecule has 0 saturated heterocycles. The Kier molecular flexibility index (Phi) is 6.40. The number of carbonyl (C=O) groups is 1. The van der Waals surface area contributed by atoms with Gasteiger partial charge in [-0.2, -0.15) is 8.78 Å². The number of hydrogen-bond acceptors (Lipinski definition) is 5. The number of fused-ring (bicyclic) bond motifs is 1. The van der Waals surface area contributed by atoms with Crippen LogP contribution < -0.4 is 10.1 Å². The number of benzene rings is 2. The minimum absolute atomic E-state index is 0.0630. The topological polar surface area (TPSA) is 51.2 Å². The standard InChI is InChI=1S/C18H16F2N2O2S2/c19-17(20)24-13-7-5-12(6-8-13)9-10-21-16(23)11-25-18-22-14-3-1-2-4-15(14)26-18/h1-8,17H,9-11H2,(H,21,23). The summed E-state index contributed by atoms with van der Waals surface area (Å²) in [5, 5.41) is 2.85. The van der Waals surface area contributed by atoms with Gasteiger partial charge in [-0.1, -0.05) is 36.0 Å². The molecule has 2 aromatic carbocycles. The van der Waals surface area contributed by atoms with Crippen LogP contribution in [-0.4, -0.2) is 29.8 Å².